The molecule has 0 unspecified atom stereocenters. The van der Waals surface area contributed by atoms with Crippen molar-refractivity contribution in [1.29, 1.82) is 0 Å². The van der Waals surface area contributed by atoms with Crippen molar-refractivity contribution >= 4 is 23.0 Å². The summed E-state index contributed by atoms with van der Waals surface area (Å²) in [6, 6.07) is 13.4. The van der Waals surface area contributed by atoms with Gasteiger partial charge in [-0.1, -0.05) is 30.4 Å². The van der Waals surface area contributed by atoms with Gasteiger partial charge in [0, 0.05) is 6.54 Å². The number of nitrogens with two attached hydrogens (primary N) is 1. The van der Waals surface area contributed by atoms with Gasteiger partial charge in [-0.25, -0.2) is 4.98 Å². The summed E-state index contributed by atoms with van der Waals surface area (Å²) in [4.78, 5) is 4.62. The van der Waals surface area contributed by atoms with Crippen molar-refractivity contribution in [3.8, 4) is 5.75 Å². The molecule has 0 aliphatic rings. The Hall–Kier alpha value is -2.14. The molecule has 1 heterocycles. The monoisotopic (exact) mass is 273 g/mol. The van der Waals surface area contributed by atoms with Crippen LogP contribution in [0.2, 0.25) is 0 Å². The Labute approximate surface area is 117 Å². The molecule has 0 bridgehead atoms. The maximum atomic E-state index is 5.55. The Morgan fingerprint density at radius 1 is 1.32 bits per heavy atom. The zero-order valence-electron chi connectivity index (χ0n) is 10.6. The van der Waals surface area contributed by atoms with E-state index in [1.807, 2.05) is 36.4 Å². The summed E-state index contributed by atoms with van der Waals surface area (Å²) in [5, 5.41) is 3.23. The van der Waals surface area contributed by atoms with E-state index in [0.717, 1.165) is 17.1 Å². The number of rotatable bonds is 5. The fourth-order valence-electron chi connectivity index (χ4n) is 1.65. The Morgan fingerprint density at radius 3 is 2.84 bits per heavy atom. The van der Waals surface area contributed by atoms with Crippen LogP contribution in [-0.2, 0) is 6.54 Å². The molecule has 0 amide bonds. The van der Waals surface area contributed by atoms with Crippen molar-refractivity contribution in [2.75, 3.05) is 12.4 Å². The van der Waals surface area contributed by atoms with Crippen LogP contribution in [0.15, 0.2) is 42.5 Å². The van der Waals surface area contributed by atoms with Gasteiger partial charge in [-0.3, -0.25) is 0 Å². The van der Waals surface area contributed by atoms with Gasteiger partial charge in [0.2, 0.25) is 0 Å². The molecule has 98 valence electrons. The van der Waals surface area contributed by atoms with Crippen LogP contribution in [0, 0.1) is 0 Å². The molecule has 0 atom stereocenters. The summed E-state index contributed by atoms with van der Waals surface area (Å²) < 4.78 is 5.18. The highest BCUT2D eigenvalue weighted by Crippen LogP contribution is 2.14. The third kappa shape index (κ3) is 3.66. The number of anilines is 1. The van der Waals surface area contributed by atoms with E-state index in [0.29, 0.717) is 17.2 Å². The minimum absolute atomic E-state index is 0.296. The fraction of sp³-hybridized carbons (Fsp3) is 0.143. The van der Waals surface area contributed by atoms with Gasteiger partial charge in [0.15, 0.2) is 0 Å². The van der Waals surface area contributed by atoms with Crippen LogP contribution in [0.5, 0.6) is 5.75 Å². The third-order valence-electron chi connectivity index (χ3n) is 2.61. The summed E-state index contributed by atoms with van der Waals surface area (Å²) in [7, 11) is 1.65. The van der Waals surface area contributed by atoms with Crippen LogP contribution in [-0.4, -0.2) is 17.1 Å². The second-order valence-corrected chi connectivity index (χ2v) is 4.42. The van der Waals surface area contributed by atoms with Crippen molar-refractivity contribution in [2.45, 2.75) is 6.54 Å². The molecule has 0 spiro atoms. The fourth-order valence-corrected chi connectivity index (χ4v) is 1.76. The molecule has 0 radical (unpaired) electrons. The number of hydrogen-bond acceptors (Lipinski definition) is 4. The second-order valence-electron chi connectivity index (χ2n) is 3.98. The zero-order valence-corrected chi connectivity index (χ0v) is 11.4. The summed E-state index contributed by atoms with van der Waals surface area (Å²) >= 11 is 4.90. The van der Waals surface area contributed by atoms with Crippen LogP contribution < -0.4 is 15.8 Å². The highest BCUT2D eigenvalue weighted by Gasteiger charge is 2.01. The normalized spacial score (nSPS) is 9.95. The maximum absolute atomic E-state index is 5.55. The first-order valence-electron chi connectivity index (χ1n) is 5.82. The molecule has 0 saturated carbocycles. The average Bonchev–Trinajstić information content (AvgIpc) is 2.45. The van der Waals surface area contributed by atoms with Crippen LogP contribution in [0.4, 0.5) is 5.82 Å². The number of pyridine rings is 1. The maximum Gasteiger partial charge on any atom is 0.127 e. The number of thiocarbonyl (C=S) groups is 1. The molecule has 2 rings (SSSR count). The van der Waals surface area contributed by atoms with Crippen LogP contribution in [0.1, 0.15) is 11.3 Å². The zero-order chi connectivity index (χ0) is 13.7. The quantitative estimate of drug-likeness (QED) is 0.819. The lowest BCUT2D eigenvalue weighted by atomic mass is 10.2. The molecule has 0 saturated heterocycles. The number of nitrogens with zero attached hydrogens (tertiary/aromatic N) is 1. The van der Waals surface area contributed by atoms with Gasteiger partial charge in [-0.15, -0.1) is 0 Å². The van der Waals surface area contributed by atoms with Crippen molar-refractivity contribution in [1.82, 2.24) is 4.98 Å². The standard InChI is InChI=1S/C14H15N3OS/c1-18-11-5-2-4-10(8-11)9-16-13-7-3-6-12(17-13)14(15)19/h2-8H,9H2,1H3,(H2,15,19)(H,16,17). The van der Waals surface area contributed by atoms with Crippen LogP contribution >= 0.6 is 12.2 Å². The molecule has 2 aromatic rings. The molecule has 1 aromatic carbocycles. The first-order chi connectivity index (χ1) is 9.19. The average molecular weight is 273 g/mol. The van der Waals surface area contributed by atoms with Crippen molar-refractivity contribution < 1.29 is 4.74 Å². The van der Waals surface area contributed by atoms with E-state index in [1.165, 1.54) is 0 Å². The minimum Gasteiger partial charge on any atom is -0.497 e. The lowest BCUT2D eigenvalue weighted by molar-refractivity contribution is 0.414. The molecule has 5 heteroatoms. The lowest BCUT2D eigenvalue weighted by Gasteiger charge is -2.08. The Morgan fingerprint density at radius 2 is 2.11 bits per heavy atom. The van der Waals surface area contributed by atoms with Gasteiger partial charge in [0.1, 0.15) is 16.6 Å². The van der Waals surface area contributed by atoms with Crippen molar-refractivity contribution in [3.05, 3.63) is 53.7 Å². The van der Waals surface area contributed by atoms with Crippen molar-refractivity contribution in [3.63, 3.8) is 0 Å². The summed E-state index contributed by atoms with van der Waals surface area (Å²) in [6.07, 6.45) is 0. The van der Waals surface area contributed by atoms with Gasteiger partial charge < -0.3 is 15.8 Å². The molecule has 19 heavy (non-hydrogen) atoms. The SMILES string of the molecule is COc1cccc(CNc2cccc(C(N)=S)n2)c1. The van der Waals surface area contributed by atoms with Gasteiger partial charge in [0.25, 0.3) is 0 Å². The van der Waals surface area contributed by atoms with Crippen LogP contribution in [0.3, 0.4) is 0 Å². The smallest absolute Gasteiger partial charge is 0.127 e. The minimum atomic E-state index is 0.296. The van der Waals surface area contributed by atoms with Crippen molar-refractivity contribution in [2.24, 2.45) is 5.73 Å². The molecule has 0 fully saturated rings. The molecule has 1 aromatic heterocycles. The molecule has 3 N–H and O–H groups in total. The van der Waals surface area contributed by atoms with Gasteiger partial charge >= 0.3 is 0 Å². The Bertz CT molecular complexity index is 586. The number of methoxy groups -OCH3 is 1. The first kappa shape index (κ1) is 13.3. The number of hydrogen-bond donors (Lipinski definition) is 2. The van der Waals surface area contributed by atoms with E-state index in [4.69, 9.17) is 22.7 Å². The number of benzene rings is 1. The van der Waals surface area contributed by atoms with Gasteiger partial charge in [-0.2, -0.15) is 0 Å². The molecule has 0 aliphatic heterocycles. The van der Waals surface area contributed by atoms with E-state index >= 15 is 0 Å². The Balaban J connectivity index is 2.05. The molecular formula is C14H15N3OS. The van der Waals surface area contributed by atoms with E-state index in [1.54, 1.807) is 13.2 Å². The second kappa shape index (κ2) is 6.15. The summed E-state index contributed by atoms with van der Waals surface area (Å²) in [5.74, 6) is 1.58. The topological polar surface area (TPSA) is 60.2 Å². The largest absolute Gasteiger partial charge is 0.497 e. The van der Waals surface area contributed by atoms with E-state index < -0.39 is 0 Å². The van der Waals surface area contributed by atoms with E-state index in [9.17, 15) is 0 Å². The predicted molar refractivity (Wildman–Crippen MR) is 80.4 cm³/mol. The Kier molecular flexibility index (Phi) is 4.30. The third-order valence-corrected chi connectivity index (χ3v) is 2.82. The highest BCUT2D eigenvalue weighted by atomic mass is 32.1. The summed E-state index contributed by atoms with van der Waals surface area (Å²) in [5.41, 5.74) is 7.28. The lowest BCUT2D eigenvalue weighted by Crippen LogP contribution is -2.12. The number of nitrogens with one attached hydrogen (secondary N) is 1. The van der Waals surface area contributed by atoms with Crippen LogP contribution in [0.25, 0.3) is 0 Å². The molecule has 4 nitrogen and oxygen atoms in total. The van der Waals surface area contributed by atoms with Gasteiger partial charge in [-0.05, 0) is 29.8 Å². The number of aromatic nitrogens is 1. The predicted octanol–water partition coefficient (Wildman–Crippen LogP) is 2.34. The molecule has 0 aliphatic carbocycles. The molecular weight excluding hydrogens is 258 g/mol. The first-order valence-corrected chi connectivity index (χ1v) is 6.23. The number of ether oxygens (including phenoxy) is 1. The summed E-state index contributed by atoms with van der Waals surface area (Å²) in [6.45, 7) is 0.658. The highest BCUT2D eigenvalue weighted by molar-refractivity contribution is 7.80. The van der Waals surface area contributed by atoms with E-state index in [2.05, 4.69) is 10.3 Å². The van der Waals surface area contributed by atoms with Gasteiger partial charge in [0.05, 0.1) is 12.8 Å². The van der Waals surface area contributed by atoms with E-state index in [-0.39, 0.29) is 0 Å².